The van der Waals surface area contributed by atoms with Gasteiger partial charge in [0.2, 0.25) is 5.91 Å². The van der Waals surface area contributed by atoms with Crippen LogP contribution >= 0.6 is 0 Å². The summed E-state index contributed by atoms with van der Waals surface area (Å²) in [6.45, 7) is 9.38. The van der Waals surface area contributed by atoms with Crippen LogP contribution in [0.25, 0.3) is 5.65 Å². The van der Waals surface area contributed by atoms with E-state index >= 15 is 0 Å². The lowest BCUT2D eigenvalue weighted by Crippen LogP contribution is -2.50. The highest BCUT2D eigenvalue weighted by molar-refractivity contribution is 5.77. The molecule has 1 aliphatic heterocycles. The Hall–Kier alpha value is -1.95. The minimum Gasteiger partial charge on any atom is -0.375 e. The Balaban J connectivity index is 1.74. The third-order valence-corrected chi connectivity index (χ3v) is 4.61. The molecule has 0 spiro atoms. The maximum atomic E-state index is 12.6. The van der Waals surface area contributed by atoms with Crippen molar-refractivity contribution in [2.75, 3.05) is 13.2 Å². The summed E-state index contributed by atoms with van der Waals surface area (Å²) in [6, 6.07) is 2.04. The summed E-state index contributed by atoms with van der Waals surface area (Å²) in [5.41, 5.74) is 4.01. The van der Waals surface area contributed by atoms with E-state index in [2.05, 4.69) is 10.1 Å². The lowest BCUT2D eigenvalue weighted by atomic mass is 10.1. The van der Waals surface area contributed by atoms with E-state index in [0.29, 0.717) is 26.0 Å². The summed E-state index contributed by atoms with van der Waals surface area (Å²) >= 11 is 0. The average molecular weight is 316 g/mol. The Kier molecular flexibility index (Phi) is 4.35. The molecule has 3 heterocycles. The molecular weight excluding hydrogens is 292 g/mol. The Morgan fingerprint density at radius 1 is 1.39 bits per heavy atom. The average Bonchev–Trinajstić information content (AvgIpc) is 2.97. The number of aromatic nitrogens is 3. The van der Waals surface area contributed by atoms with Gasteiger partial charge in [-0.2, -0.15) is 5.10 Å². The first kappa shape index (κ1) is 15.9. The molecule has 124 valence electrons. The molecule has 2 aromatic heterocycles. The molecule has 0 aromatic carbocycles. The maximum absolute atomic E-state index is 12.6. The first-order chi connectivity index (χ1) is 11.0. The van der Waals surface area contributed by atoms with Gasteiger partial charge < -0.3 is 9.64 Å². The fraction of sp³-hybridized carbons (Fsp3) is 0.588. The molecule has 2 aromatic rings. The molecule has 6 nitrogen and oxygen atoms in total. The predicted octanol–water partition coefficient (Wildman–Crippen LogP) is 1.91. The van der Waals surface area contributed by atoms with Crippen LogP contribution in [0.3, 0.4) is 0 Å². The van der Waals surface area contributed by atoms with Gasteiger partial charge in [0, 0.05) is 30.4 Å². The highest BCUT2D eigenvalue weighted by atomic mass is 16.5. The Bertz CT molecular complexity index is 725. The second-order valence-electron chi connectivity index (χ2n) is 6.40. The third kappa shape index (κ3) is 3.08. The summed E-state index contributed by atoms with van der Waals surface area (Å²) in [7, 11) is 0. The number of fused-ring (bicyclic) bond motifs is 1. The fourth-order valence-corrected chi connectivity index (χ4v) is 3.26. The van der Waals surface area contributed by atoms with Crippen molar-refractivity contribution in [3.8, 4) is 0 Å². The zero-order valence-electron chi connectivity index (χ0n) is 14.2. The molecule has 1 saturated heterocycles. The lowest BCUT2D eigenvalue weighted by Gasteiger charge is -2.37. The number of nitrogens with zero attached hydrogens (tertiary/aromatic N) is 4. The van der Waals surface area contributed by atoms with Crippen LogP contribution in [0.1, 0.15) is 37.2 Å². The van der Waals surface area contributed by atoms with Gasteiger partial charge in [0.15, 0.2) is 5.65 Å². The van der Waals surface area contributed by atoms with Crippen LogP contribution in [-0.2, 0) is 16.0 Å². The van der Waals surface area contributed by atoms with E-state index in [9.17, 15) is 4.79 Å². The van der Waals surface area contributed by atoms with Gasteiger partial charge in [0.1, 0.15) is 0 Å². The van der Waals surface area contributed by atoms with Crippen molar-refractivity contribution in [2.24, 2.45) is 0 Å². The fourth-order valence-electron chi connectivity index (χ4n) is 3.26. The van der Waals surface area contributed by atoms with Gasteiger partial charge in [-0.1, -0.05) is 0 Å². The van der Waals surface area contributed by atoms with E-state index in [0.717, 1.165) is 22.6 Å². The second kappa shape index (κ2) is 6.28. The van der Waals surface area contributed by atoms with Gasteiger partial charge in [0.25, 0.3) is 0 Å². The molecule has 0 radical (unpaired) electrons. The highest BCUT2D eigenvalue weighted by Gasteiger charge is 2.27. The molecule has 1 fully saturated rings. The van der Waals surface area contributed by atoms with Crippen LogP contribution in [0.15, 0.2) is 12.3 Å². The summed E-state index contributed by atoms with van der Waals surface area (Å²) in [5.74, 6) is 0.187. The number of ether oxygens (including phenoxy) is 1. The topological polar surface area (TPSA) is 59.7 Å². The van der Waals surface area contributed by atoms with Crippen LogP contribution in [0.4, 0.5) is 0 Å². The summed E-state index contributed by atoms with van der Waals surface area (Å²) in [5, 5.41) is 4.30. The number of rotatable bonds is 3. The van der Waals surface area contributed by atoms with Crippen molar-refractivity contribution < 1.29 is 9.53 Å². The predicted molar refractivity (Wildman–Crippen MR) is 87.4 cm³/mol. The van der Waals surface area contributed by atoms with Gasteiger partial charge in [0.05, 0.1) is 24.9 Å². The van der Waals surface area contributed by atoms with Gasteiger partial charge in [-0.15, -0.1) is 0 Å². The molecule has 2 atom stereocenters. The molecule has 1 aliphatic rings. The zero-order chi connectivity index (χ0) is 16.6. The molecule has 6 heteroatoms. The molecule has 0 aliphatic carbocycles. The SMILES string of the molecule is Cc1nc2ccnn2c(C)c1CCC(=O)N1CC(C)OCC1C. The molecule has 23 heavy (non-hydrogen) atoms. The summed E-state index contributed by atoms with van der Waals surface area (Å²) < 4.78 is 7.43. The van der Waals surface area contributed by atoms with E-state index < -0.39 is 0 Å². The van der Waals surface area contributed by atoms with Crippen molar-refractivity contribution in [3.05, 3.63) is 29.2 Å². The van der Waals surface area contributed by atoms with Crippen LogP contribution in [0.5, 0.6) is 0 Å². The maximum Gasteiger partial charge on any atom is 0.223 e. The van der Waals surface area contributed by atoms with Crippen LogP contribution < -0.4 is 0 Å². The minimum absolute atomic E-state index is 0.112. The van der Waals surface area contributed by atoms with Crippen molar-refractivity contribution in [1.82, 2.24) is 19.5 Å². The second-order valence-corrected chi connectivity index (χ2v) is 6.40. The van der Waals surface area contributed by atoms with Crippen molar-refractivity contribution in [1.29, 1.82) is 0 Å². The van der Waals surface area contributed by atoms with Gasteiger partial charge in [-0.05, 0) is 39.7 Å². The van der Waals surface area contributed by atoms with Gasteiger partial charge in [-0.3, -0.25) is 4.79 Å². The molecular formula is C17H24N4O2. The Labute approximate surface area is 136 Å². The number of hydrogen-bond donors (Lipinski definition) is 0. The number of hydrogen-bond acceptors (Lipinski definition) is 4. The first-order valence-corrected chi connectivity index (χ1v) is 8.18. The standard InChI is InChI=1S/C17H24N4O2/c1-11-10-23-12(2)9-20(11)17(22)6-5-15-13(3)19-16-7-8-18-21(16)14(15)4/h7-8,11-12H,5-6,9-10H2,1-4H3. The summed E-state index contributed by atoms with van der Waals surface area (Å²) in [6.07, 6.45) is 3.05. The van der Waals surface area contributed by atoms with E-state index in [4.69, 9.17) is 4.74 Å². The van der Waals surface area contributed by atoms with Crippen LogP contribution in [0.2, 0.25) is 0 Å². The zero-order valence-corrected chi connectivity index (χ0v) is 14.2. The molecule has 0 saturated carbocycles. The number of amides is 1. The van der Waals surface area contributed by atoms with Crippen molar-refractivity contribution >= 4 is 11.6 Å². The normalized spacial score (nSPS) is 21.8. The number of carbonyl (C=O) groups is 1. The highest BCUT2D eigenvalue weighted by Crippen LogP contribution is 2.18. The van der Waals surface area contributed by atoms with Gasteiger partial charge >= 0.3 is 0 Å². The number of aryl methyl sites for hydroxylation is 2. The molecule has 0 N–H and O–H groups in total. The first-order valence-electron chi connectivity index (χ1n) is 8.18. The molecule has 2 unspecified atom stereocenters. The molecule has 3 rings (SSSR count). The molecule has 0 bridgehead atoms. The van der Waals surface area contributed by atoms with Gasteiger partial charge in [-0.25, -0.2) is 9.50 Å². The van der Waals surface area contributed by atoms with Crippen LogP contribution in [0, 0.1) is 13.8 Å². The van der Waals surface area contributed by atoms with Crippen LogP contribution in [-0.4, -0.2) is 50.7 Å². The van der Waals surface area contributed by atoms with E-state index in [-0.39, 0.29) is 18.1 Å². The lowest BCUT2D eigenvalue weighted by molar-refractivity contribution is -0.143. The van der Waals surface area contributed by atoms with E-state index in [1.807, 2.05) is 43.2 Å². The number of carbonyl (C=O) groups excluding carboxylic acids is 1. The smallest absolute Gasteiger partial charge is 0.223 e. The van der Waals surface area contributed by atoms with Crippen molar-refractivity contribution in [2.45, 2.75) is 52.7 Å². The monoisotopic (exact) mass is 316 g/mol. The van der Waals surface area contributed by atoms with E-state index in [1.54, 1.807) is 6.20 Å². The largest absolute Gasteiger partial charge is 0.375 e. The third-order valence-electron chi connectivity index (χ3n) is 4.61. The van der Waals surface area contributed by atoms with Crippen molar-refractivity contribution in [3.63, 3.8) is 0 Å². The molecule has 1 amide bonds. The quantitative estimate of drug-likeness (QED) is 0.868. The summed E-state index contributed by atoms with van der Waals surface area (Å²) in [4.78, 5) is 19.1. The Morgan fingerprint density at radius 2 is 2.17 bits per heavy atom. The van der Waals surface area contributed by atoms with E-state index in [1.165, 1.54) is 0 Å². The minimum atomic E-state index is 0.112. The Morgan fingerprint density at radius 3 is 2.96 bits per heavy atom. The number of morpholine rings is 1.